The van der Waals surface area contributed by atoms with Gasteiger partial charge in [0, 0.05) is 0 Å². The van der Waals surface area contributed by atoms with Gasteiger partial charge < -0.3 is 24.8 Å². The molecule has 0 spiro atoms. The molecule has 1 nitrogen and oxygen atoms in total. The summed E-state index contributed by atoms with van der Waals surface area (Å²) in [6, 6.07) is 17.9. The summed E-state index contributed by atoms with van der Waals surface area (Å²) in [4.78, 5) is 3.83. The van der Waals surface area contributed by atoms with Gasteiger partial charge in [0.1, 0.15) is 0 Å². The molecule has 0 fully saturated rings. The molecule has 1 aromatic heterocycles. The Morgan fingerprint density at radius 2 is 1.57 bits per heavy atom. The molecule has 1 aliphatic rings. The number of aromatic amines is 1. The summed E-state index contributed by atoms with van der Waals surface area (Å²) in [5.74, 6) is 0. The first kappa shape index (κ1) is 23.5. The summed E-state index contributed by atoms with van der Waals surface area (Å²) >= 11 is -0.334. The number of aromatic nitrogens is 1. The first-order valence-electron chi connectivity index (χ1n) is 9.54. The molecule has 4 rings (SSSR count). The maximum atomic E-state index is 3.83. The van der Waals surface area contributed by atoms with Gasteiger partial charge in [-0.3, -0.25) is 0 Å². The van der Waals surface area contributed by atoms with Crippen LogP contribution in [0.4, 0.5) is 0 Å². The van der Waals surface area contributed by atoms with Gasteiger partial charge in [0.2, 0.25) is 0 Å². The number of nitrogens with one attached hydrogen (secondary N) is 1. The fourth-order valence-electron chi connectivity index (χ4n) is 4.18. The molecule has 1 heterocycles. The predicted octanol–water partition coefficient (Wildman–Crippen LogP) is -0.655. The van der Waals surface area contributed by atoms with E-state index in [-0.39, 0.29) is 49.4 Å². The van der Waals surface area contributed by atoms with Crippen molar-refractivity contribution in [2.75, 3.05) is 0 Å². The zero-order chi connectivity index (χ0) is 18.5. The van der Waals surface area contributed by atoms with Crippen molar-refractivity contribution < 1.29 is 44.0 Å². The van der Waals surface area contributed by atoms with Gasteiger partial charge in [-0.15, -0.1) is 0 Å². The average molecular weight is 464 g/mol. The SMILES string of the molecule is C[SiH](C)C1=Cc2ccccc2[CH]1[Ti+2][c]1[nH]c2ccccc2c1C(C)(C)C.[Cl-].[Cl-]. The van der Waals surface area contributed by atoms with Crippen molar-refractivity contribution in [2.24, 2.45) is 0 Å². The van der Waals surface area contributed by atoms with Gasteiger partial charge in [0.15, 0.2) is 0 Å². The van der Waals surface area contributed by atoms with Crippen molar-refractivity contribution in [1.29, 1.82) is 0 Å². The molecule has 5 heteroatoms. The van der Waals surface area contributed by atoms with Crippen LogP contribution in [-0.2, 0) is 24.6 Å². The number of fused-ring (bicyclic) bond motifs is 2. The zero-order valence-corrected chi connectivity index (χ0v) is 21.3. The maximum absolute atomic E-state index is 3.83. The van der Waals surface area contributed by atoms with Gasteiger partial charge in [-0.05, 0) is 0 Å². The molecule has 0 saturated heterocycles. The Labute approximate surface area is 191 Å². The van der Waals surface area contributed by atoms with Gasteiger partial charge in [0.25, 0.3) is 0 Å². The van der Waals surface area contributed by atoms with Crippen LogP contribution in [0.2, 0.25) is 13.1 Å². The summed E-state index contributed by atoms with van der Waals surface area (Å²) in [6.45, 7) is 12.0. The number of hydrogen-bond acceptors (Lipinski definition) is 0. The van der Waals surface area contributed by atoms with Crippen LogP contribution in [0.25, 0.3) is 17.0 Å². The van der Waals surface area contributed by atoms with Crippen molar-refractivity contribution in [3.8, 4) is 0 Å². The maximum Gasteiger partial charge on any atom is -1.00 e. The van der Waals surface area contributed by atoms with E-state index in [2.05, 4.69) is 93.5 Å². The zero-order valence-electron chi connectivity index (χ0n) is 17.1. The number of allylic oxidation sites excluding steroid dienone is 1. The molecule has 0 saturated carbocycles. The fourth-order valence-corrected chi connectivity index (χ4v) is 10.3. The van der Waals surface area contributed by atoms with Crippen LogP contribution in [0.15, 0.2) is 53.7 Å². The summed E-state index contributed by atoms with van der Waals surface area (Å²) in [7, 11) is -0.823. The van der Waals surface area contributed by atoms with Crippen LogP contribution >= 0.6 is 0 Å². The summed E-state index contributed by atoms with van der Waals surface area (Å²) in [5.41, 5.74) is 6.04. The Morgan fingerprint density at radius 3 is 2.25 bits per heavy atom. The van der Waals surface area contributed by atoms with E-state index in [1.54, 1.807) is 20.3 Å². The largest absolute Gasteiger partial charge is 1.00 e. The Bertz CT molecular complexity index is 1000. The fraction of sp³-hybridized carbons (Fsp3) is 0.304. The van der Waals surface area contributed by atoms with E-state index in [0.29, 0.717) is 4.22 Å². The van der Waals surface area contributed by atoms with Gasteiger partial charge in [-0.1, -0.05) is 0 Å². The molecule has 1 N–H and O–H groups in total. The van der Waals surface area contributed by atoms with Crippen LogP contribution in [0.5, 0.6) is 0 Å². The van der Waals surface area contributed by atoms with Crippen LogP contribution in [-0.4, -0.2) is 13.8 Å². The quantitative estimate of drug-likeness (QED) is 0.496. The number of halogens is 2. The second-order valence-electron chi connectivity index (χ2n) is 8.68. The molecular weight excluding hydrogens is 437 g/mol. The minimum Gasteiger partial charge on any atom is -1.00 e. The molecule has 2 aromatic carbocycles. The average Bonchev–Trinajstić information content (AvgIpc) is 3.13. The molecule has 0 radical (unpaired) electrons. The third-order valence-electron chi connectivity index (χ3n) is 5.37. The number of H-pyrrole nitrogens is 1. The van der Waals surface area contributed by atoms with Crippen LogP contribution in [0.3, 0.4) is 0 Å². The first-order valence-corrected chi connectivity index (χ1v) is 14.1. The molecule has 28 heavy (non-hydrogen) atoms. The minimum absolute atomic E-state index is 0. The molecule has 3 aromatic rings. The molecule has 1 atom stereocenters. The number of hydrogen-bond donors (Lipinski definition) is 1. The third-order valence-corrected chi connectivity index (χ3v) is 10.2. The van der Waals surface area contributed by atoms with E-state index in [1.165, 1.54) is 16.5 Å². The Balaban J connectivity index is 0.00000140. The molecule has 146 valence electrons. The first-order chi connectivity index (χ1) is 12.4. The standard InChI is InChI=1S/C12H14N.C11H13Si.2ClH.Ti/c1-12(2,3)10-8-13-11-7-5-4-6-9(10)11;1-12(2)11-7-9-5-3-4-6-10(9)8-11;;;/h4-7,13H,1-3H3;3-8,12H,1-2H3;2*1H;/q;;;;+2/p-2. The van der Waals surface area contributed by atoms with E-state index in [0.717, 1.165) is 0 Å². The van der Waals surface area contributed by atoms with Crippen molar-refractivity contribution in [1.82, 2.24) is 4.98 Å². The number of para-hydroxylation sites is 1. The topological polar surface area (TPSA) is 15.8 Å². The third kappa shape index (κ3) is 4.22. The van der Waals surface area contributed by atoms with Gasteiger partial charge in [-0.2, -0.15) is 0 Å². The number of rotatable bonds is 3. The van der Waals surface area contributed by atoms with E-state index in [1.807, 2.05) is 0 Å². The second kappa shape index (κ2) is 8.94. The van der Waals surface area contributed by atoms with E-state index in [9.17, 15) is 0 Å². The van der Waals surface area contributed by atoms with Crippen molar-refractivity contribution in [3.05, 3.63) is 70.4 Å². The van der Waals surface area contributed by atoms with Crippen molar-refractivity contribution in [3.63, 3.8) is 0 Å². The van der Waals surface area contributed by atoms with Gasteiger partial charge in [0.05, 0.1) is 0 Å². The monoisotopic (exact) mass is 463 g/mol. The normalized spacial score (nSPS) is 15.5. The summed E-state index contributed by atoms with van der Waals surface area (Å²) in [6.07, 6.45) is 2.51. The van der Waals surface area contributed by atoms with Gasteiger partial charge in [-0.25, -0.2) is 0 Å². The Kier molecular flexibility index (Phi) is 7.50. The second-order valence-corrected chi connectivity index (χ2v) is 13.8. The summed E-state index contributed by atoms with van der Waals surface area (Å²) in [5, 5.41) is 3.17. The van der Waals surface area contributed by atoms with Crippen LogP contribution in [0.1, 0.15) is 41.7 Å². The Hall–Kier alpha value is -0.769. The molecule has 1 unspecified atom stereocenters. The molecule has 0 bridgehead atoms. The molecule has 0 amide bonds. The van der Waals surface area contributed by atoms with Crippen molar-refractivity contribution >= 4 is 29.8 Å². The summed E-state index contributed by atoms with van der Waals surface area (Å²) < 4.78 is 2.20. The van der Waals surface area contributed by atoms with E-state index < -0.39 is 8.80 Å². The van der Waals surface area contributed by atoms with Crippen LogP contribution in [0, 0.1) is 0 Å². The van der Waals surface area contributed by atoms with Crippen LogP contribution < -0.4 is 28.8 Å². The predicted molar refractivity (Wildman–Crippen MR) is 113 cm³/mol. The number of benzene rings is 2. The molecule has 1 aliphatic carbocycles. The minimum atomic E-state index is -0.823. The molecular formula is C23H27Cl2NSiTi. The van der Waals surface area contributed by atoms with E-state index >= 15 is 0 Å². The van der Waals surface area contributed by atoms with Gasteiger partial charge >= 0.3 is 168 Å². The molecule has 0 aliphatic heterocycles. The van der Waals surface area contributed by atoms with Crippen molar-refractivity contribution in [2.45, 2.75) is 43.5 Å². The van der Waals surface area contributed by atoms with E-state index in [4.69, 9.17) is 0 Å². The smallest absolute Gasteiger partial charge is 1.00 e. The Morgan fingerprint density at radius 1 is 0.929 bits per heavy atom.